The molecule has 11 heteroatoms. The number of carbonyl (C=O) groups excluding carboxylic acids is 1. The van der Waals surface area contributed by atoms with Gasteiger partial charge in [0.1, 0.15) is 16.7 Å². The number of hydrogen-bond acceptors (Lipinski definition) is 8. The van der Waals surface area contributed by atoms with E-state index in [-0.39, 0.29) is 48.5 Å². The van der Waals surface area contributed by atoms with Crippen molar-refractivity contribution in [3.05, 3.63) is 71.8 Å². The van der Waals surface area contributed by atoms with Gasteiger partial charge in [0.05, 0.1) is 6.61 Å². The van der Waals surface area contributed by atoms with Crippen LogP contribution in [0.3, 0.4) is 0 Å². The van der Waals surface area contributed by atoms with Crippen LogP contribution in [-0.2, 0) is 16.6 Å². The van der Waals surface area contributed by atoms with E-state index in [1.54, 1.807) is 51.4 Å². The number of fused-ring (bicyclic) bond motifs is 2. The van der Waals surface area contributed by atoms with E-state index in [1.807, 2.05) is 44.3 Å². The molecule has 0 bridgehead atoms. The first-order valence-electron chi connectivity index (χ1n) is 14.3. The lowest BCUT2D eigenvalue weighted by molar-refractivity contribution is 0.0734. The molecule has 3 aromatic carbocycles. The Kier molecular flexibility index (Phi) is 8.98. The highest BCUT2D eigenvalue weighted by Crippen LogP contribution is 2.37. The fourth-order valence-corrected chi connectivity index (χ4v) is 7.24. The maximum atomic E-state index is 13.9. The second-order valence-electron chi connectivity index (χ2n) is 11.6. The molecule has 0 saturated carbocycles. The zero-order valence-electron chi connectivity index (χ0n) is 25.2. The molecule has 5 rings (SSSR count). The summed E-state index contributed by atoms with van der Waals surface area (Å²) in [6, 6.07) is 17.5. The van der Waals surface area contributed by atoms with Crippen molar-refractivity contribution >= 4 is 15.9 Å². The van der Waals surface area contributed by atoms with Gasteiger partial charge in [-0.3, -0.25) is 9.69 Å². The number of sulfonamides is 1. The van der Waals surface area contributed by atoms with Gasteiger partial charge in [-0.25, -0.2) is 8.42 Å². The van der Waals surface area contributed by atoms with E-state index in [0.717, 1.165) is 28.2 Å². The summed E-state index contributed by atoms with van der Waals surface area (Å²) >= 11 is 0. The van der Waals surface area contributed by atoms with Crippen LogP contribution in [0, 0.1) is 5.92 Å². The van der Waals surface area contributed by atoms with Crippen molar-refractivity contribution in [1.82, 2.24) is 14.1 Å². The molecule has 3 atom stereocenters. The van der Waals surface area contributed by atoms with E-state index in [4.69, 9.17) is 14.2 Å². The summed E-state index contributed by atoms with van der Waals surface area (Å²) in [6.07, 6.45) is -0.350. The summed E-state index contributed by atoms with van der Waals surface area (Å²) in [5, 5.41) is 9.95. The minimum absolute atomic E-state index is 0.0614. The lowest BCUT2D eigenvalue weighted by Gasteiger charge is -2.37. The zero-order valence-corrected chi connectivity index (χ0v) is 26.0. The first kappa shape index (κ1) is 30.8. The predicted octanol–water partition coefficient (Wildman–Crippen LogP) is 3.68. The van der Waals surface area contributed by atoms with Crippen LogP contribution in [0.1, 0.15) is 29.8 Å². The quantitative estimate of drug-likeness (QED) is 0.412. The smallest absolute Gasteiger partial charge is 0.253 e. The summed E-state index contributed by atoms with van der Waals surface area (Å²) < 4.78 is 46.7. The minimum Gasteiger partial charge on any atom is -0.487 e. The highest BCUT2D eigenvalue weighted by Gasteiger charge is 2.38. The molecule has 0 aromatic heterocycles. The average Bonchev–Trinajstić information content (AvgIpc) is 3.46. The summed E-state index contributed by atoms with van der Waals surface area (Å²) in [6.45, 7) is 4.96. The van der Waals surface area contributed by atoms with Crippen molar-refractivity contribution in [2.45, 2.75) is 37.4 Å². The van der Waals surface area contributed by atoms with Gasteiger partial charge in [0.2, 0.25) is 16.8 Å². The molecule has 2 aliphatic heterocycles. The third kappa shape index (κ3) is 6.50. The Labute approximate surface area is 253 Å². The van der Waals surface area contributed by atoms with Gasteiger partial charge >= 0.3 is 0 Å². The van der Waals surface area contributed by atoms with E-state index in [1.165, 1.54) is 9.21 Å². The molecule has 1 N–H and O–H groups in total. The van der Waals surface area contributed by atoms with E-state index in [9.17, 15) is 18.3 Å². The van der Waals surface area contributed by atoms with E-state index < -0.39 is 16.1 Å². The fraction of sp³-hybridized carbons (Fsp3) is 0.406. The molecule has 0 spiro atoms. The first-order valence-corrected chi connectivity index (χ1v) is 15.7. The Bertz CT molecular complexity index is 1580. The molecule has 0 fully saturated rings. The highest BCUT2D eigenvalue weighted by molar-refractivity contribution is 7.89. The Morgan fingerprint density at radius 1 is 0.977 bits per heavy atom. The Morgan fingerprint density at radius 2 is 1.67 bits per heavy atom. The summed E-state index contributed by atoms with van der Waals surface area (Å²) in [4.78, 5) is 16.1. The maximum Gasteiger partial charge on any atom is 0.253 e. The van der Waals surface area contributed by atoms with Crippen LogP contribution in [0.25, 0.3) is 11.1 Å². The molecular weight excluding hydrogens is 570 g/mol. The van der Waals surface area contributed by atoms with Gasteiger partial charge in [-0.05, 0) is 67.1 Å². The van der Waals surface area contributed by atoms with Crippen LogP contribution >= 0.6 is 0 Å². The molecule has 0 radical (unpaired) electrons. The number of amides is 1. The van der Waals surface area contributed by atoms with Gasteiger partial charge in [0.15, 0.2) is 11.5 Å². The van der Waals surface area contributed by atoms with Crippen molar-refractivity contribution in [1.29, 1.82) is 0 Å². The molecule has 43 heavy (non-hydrogen) atoms. The molecule has 10 nitrogen and oxygen atoms in total. The Balaban J connectivity index is 1.46. The van der Waals surface area contributed by atoms with Crippen molar-refractivity contribution in [3.63, 3.8) is 0 Å². The Hall–Kier alpha value is -3.64. The van der Waals surface area contributed by atoms with Crippen molar-refractivity contribution in [2.75, 3.05) is 47.6 Å². The standard InChI is InChI=1S/C32H39N3O7S/c1-21-16-35(22(2)19-36)43(38,39)31-13-11-26(24-7-9-25(10-8-24)32(37)33(3)4)15-29(31)42-30(21)18-34(5)17-23-6-12-27-28(14-23)41-20-40-27/h6-15,21-22,30,36H,16-20H2,1-5H3/t21-,22-,30-/m0/s1. The zero-order chi connectivity index (χ0) is 30.9. The van der Waals surface area contributed by atoms with Crippen LogP contribution < -0.4 is 14.2 Å². The number of carbonyl (C=O) groups is 1. The normalized spacial score (nSPS) is 20.1. The maximum absolute atomic E-state index is 13.9. The average molecular weight is 610 g/mol. The summed E-state index contributed by atoms with van der Waals surface area (Å²) in [5.74, 6) is 1.43. The molecule has 3 aromatic rings. The predicted molar refractivity (Wildman–Crippen MR) is 163 cm³/mol. The second-order valence-corrected chi connectivity index (χ2v) is 13.4. The topological polar surface area (TPSA) is 109 Å². The number of aliphatic hydroxyl groups excluding tert-OH is 1. The monoisotopic (exact) mass is 609 g/mol. The SMILES string of the molecule is C[C@H]1CN([C@@H](C)CO)S(=O)(=O)c2ccc(-c3ccc(C(=O)N(C)C)cc3)cc2O[C@H]1CN(C)Cc1ccc2c(c1)OCO2. The third-order valence-electron chi connectivity index (χ3n) is 7.92. The van der Waals surface area contributed by atoms with Crippen LogP contribution in [0.2, 0.25) is 0 Å². The van der Waals surface area contributed by atoms with Crippen molar-refractivity contribution in [2.24, 2.45) is 5.92 Å². The molecular formula is C32H39N3O7S. The number of rotatable bonds is 8. The van der Waals surface area contributed by atoms with Gasteiger partial charge < -0.3 is 24.2 Å². The Morgan fingerprint density at radius 3 is 2.37 bits per heavy atom. The van der Waals surface area contributed by atoms with Crippen molar-refractivity contribution in [3.8, 4) is 28.4 Å². The van der Waals surface area contributed by atoms with Gasteiger partial charge in [0, 0.05) is 51.3 Å². The van der Waals surface area contributed by atoms with Crippen LogP contribution in [0.5, 0.6) is 17.2 Å². The molecule has 0 unspecified atom stereocenters. The molecule has 1 amide bonds. The molecule has 0 saturated heterocycles. The van der Waals surface area contributed by atoms with E-state index in [2.05, 4.69) is 4.90 Å². The van der Waals surface area contributed by atoms with Gasteiger partial charge in [0.25, 0.3) is 5.91 Å². The lowest BCUT2D eigenvalue weighted by atomic mass is 10.0. The number of benzene rings is 3. The fourth-order valence-electron chi connectivity index (χ4n) is 5.41. The first-order chi connectivity index (χ1) is 20.5. The van der Waals surface area contributed by atoms with Crippen molar-refractivity contribution < 1.29 is 32.5 Å². The van der Waals surface area contributed by atoms with Gasteiger partial charge in [-0.1, -0.05) is 31.2 Å². The van der Waals surface area contributed by atoms with Gasteiger partial charge in [-0.15, -0.1) is 0 Å². The second kappa shape index (κ2) is 12.5. The van der Waals surface area contributed by atoms with Gasteiger partial charge in [-0.2, -0.15) is 4.31 Å². The molecule has 2 heterocycles. The molecule has 2 aliphatic rings. The number of ether oxygens (including phenoxy) is 3. The lowest BCUT2D eigenvalue weighted by Crippen LogP contribution is -2.49. The van der Waals surface area contributed by atoms with E-state index >= 15 is 0 Å². The largest absolute Gasteiger partial charge is 0.487 e. The minimum atomic E-state index is -3.96. The molecule has 0 aliphatic carbocycles. The number of likely N-dealkylation sites (N-methyl/N-ethyl adjacent to an activating group) is 1. The number of hydrogen-bond donors (Lipinski definition) is 1. The summed E-state index contributed by atoms with van der Waals surface area (Å²) in [7, 11) is 1.44. The third-order valence-corrected chi connectivity index (χ3v) is 9.94. The van der Waals surface area contributed by atoms with Crippen LogP contribution in [-0.4, -0.2) is 93.3 Å². The number of aliphatic hydroxyl groups is 1. The molecule has 230 valence electrons. The highest BCUT2D eigenvalue weighted by atomic mass is 32.2. The van der Waals surface area contributed by atoms with Crippen LogP contribution in [0.15, 0.2) is 65.6 Å². The number of nitrogens with zero attached hydrogens (tertiary/aromatic N) is 3. The van der Waals surface area contributed by atoms with Crippen LogP contribution in [0.4, 0.5) is 0 Å². The van der Waals surface area contributed by atoms with E-state index in [0.29, 0.717) is 18.7 Å². The summed E-state index contributed by atoms with van der Waals surface area (Å²) in [5.41, 5.74) is 3.21.